The molecule has 1 fully saturated rings. The van der Waals surface area contributed by atoms with Crippen LogP contribution in [0.3, 0.4) is 0 Å². The van der Waals surface area contributed by atoms with E-state index in [2.05, 4.69) is 29.2 Å². The second-order valence-corrected chi connectivity index (χ2v) is 6.27. The van der Waals surface area contributed by atoms with E-state index < -0.39 is 12.2 Å². The molecular formula is C20H20N2O3. The molecule has 1 saturated heterocycles. The monoisotopic (exact) mass is 336 g/mol. The average molecular weight is 336 g/mol. The van der Waals surface area contributed by atoms with Crippen molar-refractivity contribution in [3.63, 3.8) is 0 Å². The van der Waals surface area contributed by atoms with Crippen LogP contribution in [0.2, 0.25) is 0 Å². The minimum absolute atomic E-state index is 0.182. The van der Waals surface area contributed by atoms with E-state index in [-0.39, 0.29) is 12.8 Å². The summed E-state index contributed by atoms with van der Waals surface area (Å²) >= 11 is 0. The molecule has 0 radical (unpaired) electrons. The zero-order chi connectivity index (χ0) is 17.2. The third kappa shape index (κ3) is 3.22. The Balaban J connectivity index is 1.59. The second-order valence-electron chi connectivity index (χ2n) is 6.27. The largest absolute Gasteiger partial charge is 0.394 e. The Morgan fingerprint density at radius 3 is 2.56 bits per heavy atom. The number of aliphatic hydroxyl groups excluding tert-OH is 2. The van der Waals surface area contributed by atoms with Crippen LogP contribution in [0.5, 0.6) is 0 Å². The van der Waals surface area contributed by atoms with Crippen molar-refractivity contribution in [2.75, 3.05) is 6.61 Å². The Hall–Kier alpha value is -2.47. The second kappa shape index (κ2) is 6.80. The van der Waals surface area contributed by atoms with Crippen molar-refractivity contribution in [1.29, 1.82) is 0 Å². The molecule has 1 aliphatic rings. The molecule has 5 nitrogen and oxygen atoms in total. The molecule has 2 aromatic carbocycles. The van der Waals surface area contributed by atoms with Gasteiger partial charge < -0.3 is 19.5 Å². The van der Waals surface area contributed by atoms with Crippen molar-refractivity contribution in [2.45, 2.75) is 24.9 Å². The molecule has 4 rings (SSSR count). The van der Waals surface area contributed by atoms with Crippen molar-refractivity contribution in [3.05, 3.63) is 67.1 Å². The highest BCUT2D eigenvalue weighted by Crippen LogP contribution is 2.31. The van der Waals surface area contributed by atoms with Gasteiger partial charge in [-0.3, -0.25) is 0 Å². The van der Waals surface area contributed by atoms with Crippen LogP contribution < -0.4 is 0 Å². The van der Waals surface area contributed by atoms with E-state index in [9.17, 15) is 10.2 Å². The molecule has 5 heteroatoms. The van der Waals surface area contributed by atoms with Crippen LogP contribution in [0, 0.1) is 0 Å². The molecule has 128 valence electrons. The number of aliphatic hydroxyl groups is 2. The maximum Gasteiger partial charge on any atom is 0.137 e. The van der Waals surface area contributed by atoms with Crippen LogP contribution in [0.25, 0.3) is 22.4 Å². The molecule has 0 bridgehead atoms. The lowest BCUT2D eigenvalue weighted by atomic mass is 10.0. The minimum atomic E-state index is -0.651. The summed E-state index contributed by atoms with van der Waals surface area (Å²) in [4.78, 5) is 4.48. The first-order chi connectivity index (χ1) is 12.2. The van der Waals surface area contributed by atoms with E-state index in [0.717, 1.165) is 22.4 Å². The summed E-state index contributed by atoms with van der Waals surface area (Å²) < 4.78 is 7.52. The van der Waals surface area contributed by atoms with Crippen LogP contribution in [-0.4, -0.2) is 38.6 Å². The fourth-order valence-electron chi connectivity index (χ4n) is 3.20. The van der Waals surface area contributed by atoms with Gasteiger partial charge >= 0.3 is 0 Å². The summed E-state index contributed by atoms with van der Waals surface area (Å²) in [5, 5.41) is 19.1. The summed E-state index contributed by atoms with van der Waals surface area (Å²) in [7, 11) is 0. The number of hydrogen-bond acceptors (Lipinski definition) is 4. The van der Waals surface area contributed by atoms with E-state index in [1.807, 2.05) is 41.1 Å². The van der Waals surface area contributed by atoms with Gasteiger partial charge in [-0.05, 0) is 17.2 Å². The molecular weight excluding hydrogens is 316 g/mol. The lowest BCUT2D eigenvalue weighted by Crippen LogP contribution is -2.24. The first kappa shape index (κ1) is 16.0. The Kier molecular flexibility index (Phi) is 4.36. The van der Waals surface area contributed by atoms with Crippen molar-refractivity contribution >= 4 is 0 Å². The maximum atomic E-state index is 9.89. The van der Waals surface area contributed by atoms with Gasteiger partial charge in [0.05, 0.1) is 24.7 Å². The van der Waals surface area contributed by atoms with Crippen LogP contribution in [0.1, 0.15) is 12.6 Å². The summed E-state index contributed by atoms with van der Waals surface area (Å²) in [6.07, 6.45) is 2.60. The molecule has 0 aliphatic carbocycles. The lowest BCUT2D eigenvalue weighted by Gasteiger charge is -2.12. The molecule has 0 saturated carbocycles. The minimum Gasteiger partial charge on any atom is -0.394 e. The number of hydrogen-bond donors (Lipinski definition) is 2. The summed E-state index contributed by atoms with van der Waals surface area (Å²) in [5.41, 5.74) is 4.18. The Morgan fingerprint density at radius 1 is 1.04 bits per heavy atom. The molecule has 25 heavy (non-hydrogen) atoms. The Labute approximate surface area is 146 Å². The van der Waals surface area contributed by atoms with Crippen LogP contribution in [0.15, 0.2) is 67.1 Å². The number of ether oxygens (including phenoxy) is 1. The predicted molar refractivity (Wildman–Crippen MR) is 94.7 cm³/mol. The summed E-state index contributed by atoms with van der Waals surface area (Å²) in [6.45, 7) is -0.182. The van der Waals surface area contributed by atoms with E-state index in [1.54, 1.807) is 6.33 Å². The first-order valence-corrected chi connectivity index (χ1v) is 8.38. The van der Waals surface area contributed by atoms with Gasteiger partial charge in [0.1, 0.15) is 12.3 Å². The summed E-state index contributed by atoms with van der Waals surface area (Å²) in [5.74, 6) is 0. The van der Waals surface area contributed by atoms with E-state index in [4.69, 9.17) is 4.74 Å². The molecule has 2 N–H and O–H groups in total. The summed E-state index contributed by atoms with van der Waals surface area (Å²) in [6, 6.07) is 18.5. The highest BCUT2D eigenvalue weighted by Gasteiger charge is 2.34. The van der Waals surface area contributed by atoms with E-state index >= 15 is 0 Å². The van der Waals surface area contributed by atoms with Gasteiger partial charge in [-0.25, -0.2) is 4.98 Å². The first-order valence-electron chi connectivity index (χ1n) is 8.38. The topological polar surface area (TPSA) is 67.5 Å². The van der Waals surface area contributed by atoms with Crippen LogP contribution >= 0.6 is 0 Å². The van der Waals surface area contributed by atoms with Gasteiger partial charge in [-0.1, -0.05) is 48.5 Å². The Morgan fingerprint density at radius 2 is 1.80 bits per heavy atom. The molecule has 3 aromatic rings. The Bertz CT molecular complexity index is 847. The fraction of sp³-hybridized carbons (Fsp3) is 0.250. The number of imidazole rings is 1. The smallest absolute Gasteiger partial charge is 0.137 e. The van der Waals surface area contributed by atoms with E-state index in [1.165, 1.54) is 0 Å². The normalized spacial score (nSPS) is 23.0. The molecule has 1 aliphatic heterocycles. The number of rotatable bonds is 4. The van der Waals surface area contributed by atoms with Gasteiger partial charge in [0, 0.05) is 18.2 Å². The van der Waals surface area contributed by atoms with Crippen molar-refractivity contribution in [3.8, 4) is 22.4 Å². The zero-order valence-electron chi connectivity index (χ0n) is 13.7. The molecule has 0 amide bonds. The van der Waals surface area contributed by atoms with Crippen molar-refractivity contribution in [2.24, 2.45) is 0 Å². The van der Waals surface area contributed by atoms with Crippen LogP contribution in [0.4, 0.5) is 0 Å². The van der Waals surface area contributed by atoms with Crippen molar-refractivity contribution < 1.29 is 14.9 Å². The van der Waals surface area contributed by atoms with Gasteiger partial charge in [0.2, 0.25) is 0 Å². The van der Waals surface area contributed by atoms with Gasteiger partial charge in [0.15, 0.2) is 0 Å². The number of aromatic nitrogens is 2. The van der Waals surface area contributed by atoms with Gasteiger partial charge in [-0.2, -0.15) is 0 Å². The van der Waals surface area contributed by atoms with Gasteiger partial charge in [-0.15, -0.1) is 0 Å². The highest BCUT2D eigenvalue weighted by molar-refractivity contribution is 5.71. The fourth-order valence-corrected chi connectivity index (χ4v) is 3.20. The van der Waals surface area contributed by atoms with Crippen molar-refractivity contribution in [1.82, 2.24) is 9.55 Å². The number of nitrogens with zero attached hydrogens (tertiary/aromatic N) is 2. The quantitative estimate of drug-likeness (QED) is 0.769. The molecule has 2 heterocycles. The standard InChI is InChI=1S/C20H20N2O3/c23-12-19-18(24)10-20(25-19)22-11-17(21-13-22)16-8-4-7-15(9-16)14-5-2-1-3-6-14/h1-9,11,13,18-20,23-24H,10,12H2/t18-,19+,20+/m0/s1. The zero-order valence-corrected chi connectivity index (χ0v) is 13.7. The van der Waals surface area contributed by atoms with Crippen LogP contribution in [-0.2, 0) is 4.74 Å². The molecule has 3 atom stereocenters. The van der Waals surface area contributed by atoms with E-state index in [0.29, 0.717) is 6.42 Å². The molecule has 1 aromatic heterocycles. The average Bonchev–Trinajstić information content (AvgIpc) is 3.29. The SMILES string of the molecule is OC[C@H]1O[C@@H](n2cnc(-c3cccc(-c4ccccc4)c3)c2)C[C@@H]1O. The maximum absolute atomic E-state index is 9.89. The number of benzene rings is 2. The molecule has 0 unspecified atom stereocenters. The predicted octanol–water partition coefficient (Wildman–Crippen LogP) is 2.86. The lowest BCUT2D eigenvalue weighted by molar-refractivity contribution is -0.0443. The highest BCUT2D eigenvalue weighted by atomic mass is 16.5. The third-order valence-electron chi connectivity index (χ3n) is 4.58. The third-order valence-corrected chi connectivity index (χ3v) is 4.58. The molecule has 0 spiro atoms. The van der Waals surface area contributed by atoms with Gasteiger partial charge in [0.25, 0.3) is 0 Å².